The molecule has 5 nitrogen and oxygen atoms in total. The molecule has 5 heteroatoms. The van der Waals surface area contributed by atoms with Gasteiger partial charge in [0.25, 0.3) is 0 Å². The molecule has 2 heterocycles. The number of hydrogen-bond donors (Lipinski definition) is 0. The van der Waals surface area contributed by atoms with Gasteiger partial charge in [-0.05, 0) is 17.7 Å². The Morgan fingerprint density at radius 3 is 2.66 bits per heavy atom. The Labute approximate surface area is 171 Å². The zero-order chi connectivity index (χ0) is 20.1. The molecule has 4 rings (SSSR count). The molecule has 150 valence electrons. The van der Waals surface area contributed by atoms with Gasteiger partial charge in [-0.15, -0.1) is 0 Å². The summed E-state index contributed by atoms with van der Waals surface area (Å²) in [5, 5.41) is 0.976. The monoisotopic (exact) mass is 390 g/mol. The fourth-order valence-corrected chi connectivity index (χ4v) is 3.68. The zero-order valence-electron chi connectivity index (χ0n) is 16.7. The molecule has 0 spiro atoms. The summed E-state index contributed by atoms with van der Waals surface area (Å²) in [6, 6.07) is 16.0. The lowest BCUT2D eigenvalue weighted by molar-refractivity contribution is -0.132. The highest BCUT2D eigenvalue weighted by atomic mass is 16.5. The van der Waals surface area contributed by atoms with Crippen molar-refractivity contribution in [1.29, 1.82) is 0 Å². The van der Waals surface area contributed by atoms with Crippen molar-refractivity contribution in [1.82, 2.24) is 9.80 Å². The largest absolute Gasteiger partial charge is 0.497 e. The normalized spacial score (nSPS) is 15.3. The summed E-state index contributed by atoms with van der Waals surface area (Å²) in [6.45, 7) is 4.23. The summed E-state index contributed by atoms with van der Waals surface area (Å²) < 4.78 is 10.8. The van der Waals surface area contributed by atoms with E-state index in [2.05, 4.69) is 29.2 Å². The third-order valence-corrected chi connectivity index (χ3v) is 5.40. The lowest BCUT2D eigenvalue weighted by atomic mass is 10.1. The summed E-state index contributed by atoms with van der Waals surface area (Å²) in [7, 11) is 1.63. The van der Waals surface area contributed by atoms with Crippen LogP contribution in [0.4, 0.5) is 0 Å². The second-order valence-corrected chi connectivity index (χ2v) is 7.29. The van der Waals surface area contributed by atoms with Crippen molar-refractivity contribution in [3.05, 3.63) is 72.0 Å². The molecular weight excluding hydrogens is 364 g/mol. The van der Waals surface area contributed by atoms with E-state index in [0.717, 1.165) is 55.0 Å². The molecule has 0 saturated carbocycles. The second-order valence-electron chi connectivity index (χ2n) is 7.29. The zero-order valence-corrected chi connectivity index (χ0v) is 16.7. The number of ether oxygens (including phenoxy) is 1. The van der Waals surface area contributed by atoms with Crippen molar-refractivity contribution in [2.75, 3.05) is 39.8 Å². The minimum absolute atomic E-state index is 0.156. The molecule has 1 amide bonds. The Morgan fingerprint density at radius 2 is 1.90 bits per heavy atom. The van der Waals surface area contributed by atoms with Crippen LogP contribution in [0.3, 0.4) is 0 Å². The number of rotatable bonds is 6. The highest BCUT2D eigenvalue weighted by Crippen LogP contribution is 2.26. The van der Waals surface area contributed by atoms with Crippen LogP contribution in [0.1, 0.15) is 11.1 Å². The molecule has 1 aliphatic heterocycles. The van der Waals surface area contributed by atoms with Gasteiger partial charge < -0.3 is 14.1 Å². The van der Waals surface area contributed by atoms with E-state index < -0.39 is 0 Å². The molecule has 0 N–H and O–H groups in total. The van der Waals surface area contributed by atoms with Crippen LogP contribution >= 0.6 is 0 Å². The Kier molecular flexibility index (Phi) is 5.96. The molecule has 29 heavy (non-hydrogen) atoms. The van der Waals surface area contributed by atoms with Gasteiger partial charge in [0, 0.05) is 49.7 Å². The lowest BCUT2D eigenvalue weighted by Gasteiger charge is -2.34. The number of methoxy groups -OCH3 is 1. The number of nitrogens with zero attached hydrogens (tertiary/aromatic N) is 2. The van der Waals surface area contributed by atoms with Gasteiger partial charge in [0.2, 0.25) is 5.91 Å². The minimum Gasteiger partial charge on any atom is -0.497 e. The highest BCUT2D eigenvalue weighted by molar-refractivity contribution is 5.88. The lowest BCUT2D eigenvalue weighted by Crippen LogP contribution is -2.49. The van der Waals surface area contributed by atoms with Gasteiger partial charge in [-0.1, -0.05) is 42.5 Å². The molecule has 0 unspecified atom stereocenters. The summed E-state index contributed by atoms with van der Waals surface area (Å²) in [5.41, 5.74) is 2.90. The van der Waals surface area contributed by atoms with Crippen LogP contribution in [0, 0.1) is 0 Å². The van der Waals surface area contributed by atoms with Gasteiger partial charge in [-0.2, -0.15) is 0 Å². The van der Waals surface area contributed by atoms with E-state index in [1.807, 2.05) is 41.3 Å². The average molecular weight is 390 g/mol. The molecule has 1 saturated heterocycles. The minimum atomic E-state index is 0.156. The van der Waals surface area contributed by atoms with Gasteiger partial charge in [-0.3, -0.25) is 9.69 Å². The Balaban J connectivity index is 1.28. The standard InChI is InChI=1S/C24H26N2O3/c1-28-21-9-10-22-20(18-29-23(22)17-21)16-24(27)26-14-12-25(13-15-26)11-5-8-19-6-3-2-4-7-19/h2-10,17-18H,11-16H2,1H3/b8-5+. The van der Waals surface area contributed by atoms with Crippen LogP contribution in [-0.2, 0) is 11.2 Å². The number of piperazine rings is 1. The summed E-state index contributed by atoms with van der Waals surface area (Å²) >= 11 is 0. The Bertz CT molecular complexity index is 986. The maximum Gasteiger partial charge on any atom is 0.227 e. The molecule has 1 aliphatic rings. The molecule has 0 aliphatic carbocycles. The fourth-order valence-electron chi connectivity index (χ4n) is 3.68. The fraction of sp³-hybridized carbons (Fsp3) is 0.292. The van der Waals surface area contributed by atoms with Crippen molar-refractivity contribution in [3.8, 4) is 5.75 Å². The van der Waals surface area contributed by atoms with Crippen LogP contribution in [-0.4, -0.2) is 55.5 Å². The SMILES string of the molecule is COc1ccc2c(CC(=O)N3CCN(C/C=C/c4ccccc4)CC3)coc2c1. The van der Waals surface area contributed by atoms with Gasteiger partial charge >= 0.3 is 0 Å². The topological polar surface area (TPSA) is 45.9 Å². The number of hydrogen-bond acceptors (Lipinski definition) is 4. The summed E-state index contributed by atoms with van der Waals surface area (Å²) in [4.78, 5) is 17.1. The summed E-state index contributed by atoms with van der Waals surface area (Å²) in [5.74, 6) is 0.908. The van der Waals surface area contributed by atoms with Crippen molar-refractivity contribution in [2.24, 2.45) is 0 Å². The predicted molar refractivity (Wildman–Crippen MR) is 115 cm³/mol. The third kappa shape index (κ3) is 4.69. The number of amides is 1. The smallest absolute Gasteiger partial charge is 0.227 e. The number of furan rings is 1. The molecule has 0 radical (unpaired) electrons. The van der Waals surface area contributed by atoms with Crippen LogP contribution in [0.25, 0.3) is 17.0 Å². The van der Waals surface area contributed by atoms with Crippen LogP contribution in [0.15, 0.2) is 65.3 Å². The molecule has 0 bridgehead atoms. The van der Waals surface area contributed by atoms with Crippen molar-refractivity contribution >= 4 is 23.0 Å². The predicted octanol–water partition coefficient (Wildman–Crippen LogP) is 3.84. The Morgan fingerprint density at radius 1 is 1.10 bits per heavy atom. The maximum atomic E-state index is 12.8. The highest BCUT2D eigenvalue weighted by Gasteiger charge is 2.21. The second kappa shape index (κ2) is 8.97. The first kappa shape index (κ1) is 19.3. The molecule has 1 fully saturated rings. The molecule has 0 atom stereocenters. The molecular formula is C24H26N2O3. The average Bonchev–Trinajstić information content (AvgIpc) is 3.16. The van der Waals surface area contributed by atoms with Gasteiger partial charge in [0.15, 0.2) is 0 Å². The van der Waals surface area contributed by atoms with Crippen LogP contribution in [0.2, 0.25) is 0 Å². The molecule has 3 aromatic rings. The van der Waals surface area contributed by atoms with E-state index in [9.17, 15) is 4.79 Å². The summed E-state index contributed by atoms with van der Waals surface area (Å²) in [6.07, 6.45) is 6.40. The van der Waals surface area contributed by atoms with Crippen molar-refractivity contribution < 1.29 is 13.9 Å². The van der Waals surface area contributed by atoms with E-state index in [0.29, 0.717) is 6.42 Å². The van der Waals surface area contributed by atoms with E-state index in [1.165, 1.54) is 5.56 Å². The van der Waals surface area contributed by atoms with Gasteiger partial charge in [0.1, 0.15) is 11.3 Å². The van der Waals surface area contributed by atoms with Gasteiger partial charge in [-0.25, -0.2) is 0 Å². The molecule has 1 aromatic heterocycles. The third-order valence-electron chi connectivity index (χ3n) is 5.40. The number of carbonyl (C=O) groups excluding carboxylic acids is 1. The van der Waals surface area contributed by atoms with Crippen molar-refractivity contribution in [3.63, 3.8) is 0 Å². The van der Waals surface area contributed by atoms with Crippen LogP contribution < -0.4 is 4.74 Å². The molecule has 2 aromatic carbocycles. The van der Waals surface area contributed by atoms with E-state index in [-0.39, 0.29) is 5.91 Å². The number of benzene rings is 2. The van der Waals surface area contributed by atoms with E-state index >= 15 is 0 Å². The number of fused-ring (bicyclic) bond motifs is 1. The first-order valence-corrected chi connectivity index (χ1v) is 9.99. The van der Waals surface area contributed by atoms with E-state index in [1.54, 1.807) is 13.4 Å². The van der Waals surface area contributed by atoms with E-state index in [4.69, 9.17) is 9.15 Å². The van der Waals surface area contributed by atoms with Crippen LogP contribution in [0.5, 0.6) is 5.75 Å². The quantitative estimate of drug-likeness (QED) is 0.642. The van der Waals surface area contributed by atoms with Gasteiger partial charge in [0.05, 0.1) is 19.8 Å². The first-order chi connectivity index (χ1) is 14.2. The van der Waals surface area contributed by atoms with Crippen molar-refractivity contribution in [2.45, 2.75) is 6.42 Å². The number of carbonyl (C=O) groups is 1. The maximum absolute atomic E-state index is 12.8. The first-order valence-electron chi connectivity index (χ1n) is 9.99. The Hall–Kier alpha value is -3.05.